The molecular weight excluding hydrogens is 268 g/mol. The van der Waals surface area contributed by atoms with Gasteiger partial charge in [0.25, 0.3) is 0 Å². The summed E-state index contributed by atoms with van der Waals surface area (Å²) in [6.07, 6.45) is 1.01. The highest BCUT2D eigenvalue weighted by Gasteiger charge is 2.27. The first-order chi connectivity index (χ1) is 10.9. The highest BCUT2D eigenvalue weighted by Crippen LogP contribution is 2.45. The minimum absolute atomic E-state index is 0.430. The summed E-state index contributed by atoms with van der Waals surface area (Å²) in [6, 6.07) is 25.9. The lowest BCUT2D eigenvalue weighted by Crippen LogP contribution is -2.01. The van der Waals surface area contributed by atoms with E-state index in [9.17, 15) is 0 Å². The first kappa shape index (κ1) is 13.1. The van der Waals surface area contributed by atoms with Crippen molar-refractivity contribution in [1.82, 2.24) is 0 Å². The van der Waals surface area contributed by atoms with Crippen molar-refractivity contribution in [1.29, 1.82) is 0 Å². The lowest BCUT2D eigenvalue weighted by Gasteiger charge is -2.14. The Labute approximate surface area is 131 Å². The molecule has 0 atom stereocenters. The van der Waals surface area contributed by atoms with Gasteiger partial charge in [0.05, 0.1) is 7.11 Å². The smallest absolute Gasteiger partial charge is 0.119 e. The molecule has 1 nitrogen and oxygen atoms in total. The first-order valence-corrected chi connectivity index (χ1v) is 7.68. The molecule has 108 valence electrons. The van der Waals surface area contributed by atoms with Crippen LogP contribution in [0.3, 0.4) is 0 Å². The lowest BCUT2D eigenvalue weighted by atomic mass is 9.90. The first-order valence-electron chi connectivity index (χ1n) is 7.68. The Morgan fingerprint density at radius 2 is 1.41 bits per heavy atom. The molecule has 1 aliphatic carbocycles. The number of rotatable bonds is 3. The van der Waals surface area contributed by atoms with Crippen LogP contribution in [0.2, 0.25) is 0 Å². The predicted molar refractivity (Wildman–Crippen MR) is 90.4 cm³/mol. The summed E-state index contributed by atoms with van der Waals surface area (Å²) in [5.41, 5.74) is 6.95. The molecule has 1 aliphatic rings. The molecule has 22 heavy (non-hydrogen) atoms. The largest absolute Gasteiger partial charge is 0.497 e. The Kier molecular flexibility index (Phi) is 3.19. The van der Waals surface area contributed by atoms with Crippen LogP contribution in [0.5, 0.6) is 5.75 Å². The van der Waals surface area contributed by atoms with Crippen molar-refractivity contribution in [2.75, 3.05) is 7.11 Å². The van der Waals surface area contributed by atoms with Gasteiger partial charge >= 0.3 is 0 Å². The molecule has 0 radical (unpaired) electrons. The fraction of sp³-hybridized carbons (Fsp3) is 0.143. The molecule has 0 N–H and O–H groups in total. The van der Waals surface area contributed by atoms with Crippen LogP contribution in [0.4, 0.5) is 0 Å². The molecule has 0 fully saturated rings. The van der Waals surface area contributed by atoms with Crippen LogP contribution in [0.15, 0.2) is 72.8 Å². The van der Waals surface area contributed by atoms with E-state index in [2.05, 4.69) is 66.7 Å². The molecule has 0 saturated carbocycles. The molecule has 0 aliphatic heterocycles. The van der Waals surface area contributed by atoms with Crippen molar-refractivity contribution in [2.45, 2.75) is 12.3 Å². The molecule has 3 aromatic carbocycles. The normalized spacial score (nSPS) is 12.8. The van der Waals surface area contributed by atoms with Gasteiger partial charge in [0.15, 0.2) is 0 Å². The molecule has 0 amide bonds. The second kappa shape index (κ2) is 5.34. The molecule has 0 spiro atoms. The van der Waals surface area contributed by atoms with Crippen LogP contribution < -0.4 is 4.74 Å². The summed E-state index contributed by atoms with van der Waals surface area (Å²) in [6.45, 7) is 0. The third-order valence-corrected chi connectivity index (χ3v) is 4.54. The third-order valence-electron chi connectivity index (χ3n) is 4.54. The number of fused-ring (bicyclic) bond motifs is 3. The second-order valence-electron chi connectivity index (χ2n) is 5.78. The van der Waals surface area contributed by atoms with Gasteiger partial charge in [0.1, 0.15) is 5.75 Å². The van der Waals surface area contributed by atoms with Crippen LogP contribution in [0, 0.1) is 0 Å². The van der Waals surface area contributed by atoms with Gasteiger partial charge in [-0.25, -0.2) is 0 Å². The van der Waals surface area contributed by atoms with Gasteiger partial charge < -0.3 is 4.74 Å². The number of ether oxygens (including phenoxy) is 1. The Balaban J connectivity index is 1.78. The lowest BCUT2D eigenvalue weighted by molar-refractivity contribution is 0.414. The van der Waals surface area contributed by atoms with Crippen LogP contribution in [-0.2, 0) is 6.42 Å². The van der Waals surface area contributed by atoms with Gasteiger partial charge in [-0.15, -0.1) is 0 Å². The van der Waals surface area contributed by atoms with Crippen LogP contribution >= 0.6 is 0 Å². The zero-order chi connectivity index (χ0) is 14.9. The predicted octanol–water partition coefficient (Wildman–Crippen LogP) is 5.05. The molecule has 4 rings (SSSR count). The van der Waals surface area contributed by atoms with Gasteiger partial charge in [-0.1, -0.05) is 60.7 Å². The minimum atomic E-state index is 0.430. The maximum atomic E-state index is 5.36. The SMILES string of the molecule is COc1cccc(CC2c3ccccc3-c3ccccc32)c1. The van der Waals surface area contributed by atoms with Crippen molar-refractivity contribution in [3.63, 3.8) is 0 Å². The molecule has 0 bridgehead atoms. The average Bonchev–Trinajstić information content (AvgIpc) is 2.90. The quantitative estimate of drug-likeness (QED) is 0.654. The summed E-state index contributed by atoms with van der Waals surface area (Å²) in [7, 11) is 1.72. The summed E-state index contributed by atoms with van der Waals surface area (Å²) < 4.78 is 5.36. The fourth-order valence-corrected chi connectivity index (χ4v) is 3.51. The molecule has 1 heteroatoms. The van der Waals surface area contributed by atoms with E-state index in [-0.39, 0.29) is 0 Å². The molecule has 0 saturated heterocycles. The van der Waals surface area contributed by atoms with E-state index in [1.807, 2.05) is 6.07 Å². The summed E-state index contributed by atoms with van der Waals surface area (Å²) in [5, 5.41) is 0. The number of methoxy groups -OCH3 is 1. The maximum Gasteiger partial charge on any atom is 0.119 e. The van der Waals surface area contributed by atoms with E-state index in [4.69, 9.17) is 4.74 Å². The van der Waals surface area contributed by atoms with E-state index >= 15 is 0 Å². The number of hydrogen-bond acceptors (Lipinski definition) is 1. The molecule has 0 aromatic heterocycles. The van der Waals surface area contributed by atoms with Crippen molar-refractivity contribution >= 4 is 0 Å². The van der Waals surface area contributed by atoms with E-state index < -0.39 is 0 Å². The second-order valence-corrected chi connectivity index (χ2v) is 5.78. The Morgan fingerprint density at radius 3 is 2.05 bits per heavy atom. The van der Waals surface area contributed by atoms with Gasteiger partial charge in [-0.05, 0) is 46.4 Å². The van der Waals surface area contributed by atoms with Gasteiger partial charge in [0, 0.05) is 5.92 Å². The van der Waals surface area contributed by atoms with Crippen molar-refractivity contribution in [3.8, 4) is 16.9 Å². The number of benzene rings is 3. The van der Waals surface area contributed by atoms with Gasteiger partial charge in [-0.2, -0.15) is 0 Å². The zero-order valence-corrected chi connectivity index (χ0v) is 12.6. The Morgan fingerprint density at radius 1 is 0.773 bits per heavy atom. The maximum absolute atomic E-state index is 5.36. The highest BCUT2D eigenvalue weighted by atomic mass is 16.5. The summed E-state index contributed by atoms with van der Waals surface area (Å²) in [4.78, 5) is 0. The third kappa shape index (κ3) is 2.10. The molecular formula is C21H18O. The fourth-order valence-electron chi connectivity index (χ4n) is 3.51. The van der Waals surface area contributed by atoms with Gasteiger partial charge in [-0.3, -0.25) is 0 Å². The van der Waals surface area contributed by atoms with Crippen LogP contribution in [0.25, 0.3) is 11.1 Å². The van der Waals surface area contributed by atoms with E-state index in [1.54, 1.807) is 7.11 Å². The molecule has 0 heterocycles. The number of hydrogen-bond donors (Lipinski definition) is 0. The zero-order valence-electron chi connectivity index (χ0n) is 12.6. The van der Waals surface area contributed by atoms with Gasteiger partial charge in [0.2, 0.25) is 0 Å². The van der Waals surface area contributed by atoms with Crippen LogP contribution in [-0.4, -0.2) is 7.11 Å². The average molecular weight is 286 g/mol. The Hall–Kier alpha value is -2.54. The van der Waals surface area contributed by atoms with Crippen molar-refractivity contribution in [2.24, 2.45) is 0 Å². The molecule has 3 aromatic rings. The molecule has 0 unspecified atom stereocenters. The summed E-state index contributed by atoms with van der Waals surface area (Å²) >= 11 is 0. The van der Waals surface area contributed by atoms with E-state index in [0.717, 1.165) is 12.2 Å². The van der Waals surface area contributed by atoms with Crippen LogP contribution in [0.1, 0.15) is 22.6 Å². The summed E-state index contributed by atoms with van der Waals surface area (Å²) in [5.74, 6) is 1.36. The monoisotopic (exact) mass is 286 g/mol. The highest BCUT2D eigenvalue weighted by molar-refractivity contribution is 5.78. The van der Waals surface area contributed by atoms with Crippen molar-refractivity contribution in [3.05, 3.63) is 89.5 Å². The topological polar surface area (TPSA) is 9.23 Å². The van der Waals surface area contributed by atoms with E-state index in [0.29, 0.717) is 5.92 Å². The Bertz CT molecular complexity index is 774. The minimum Gasteiger partial charge on any atom is -0.497 e. The van der Waals surface area contributed by atoms with Crippen molar-refractivity contribution < 1.29 is 4.74 Å². The standard InChI is InChI=1S/C21H18O/c1-22-16-8-6-7-15(13-16)14-21-19-11-4-2-9-17(19)18-10-3-5-12-20(18)21/h2-13,21H,14H2,1H3. The van der Waals surface area contributed by atoms with E-state index in [1.165, 1.54) is 27.8 Å².